The number of rotatable bonds is 8. The molecule has 2 aromatic carbocycles. The van der Waals surface area contributed by atoms with E-state index >= 15 is 0 Å². The van der Waals surface area contributed by atoms with E-state index in [1.54, 1.807) is 31.3 Å². The van der Waals surface area contributed by atoms with Gasteiger partial charge in [0.1, 0.15) is 18.2 Å². The first-order valence-corrected chi connectivity index (χ1v) is 10.4. The smallest absolute Gasteiger partial charge is 0.191 e. The van der Waals surface area contributed by atoms with Gasteiger partial charge in [0.2, 0.25) is 0 Å². The molecule has 0 amide bonds. The zero-order chi connectivity index (χ0) is 19.7. The largest absolute Gasteiger partial charge is 0.492 e. The molecule has 27 heavy (non-hydrogen) atoms. The molecule has 0 aliphatic carbocycles. The van der Waals surface area contributed by atoms with Crippen LogP contribution in [0.5, 0.6) is 5.75 Å². The number of sulfone groups is 1. The Morgan fingerprint density at radius 2 is 1.74 bits per heavy atom. The molecule has 0 saturated heterocycles. The average molecular weight is 393 g/mol. The molecule has 0 aliphatic heterocycles. The number of ether oxygens (including phenoxy) is 1. The number of nitrogens with one attached hydrogen (secondary N) is 2. The van der Waals surface area contributed by atoms with Crippen molar-refractivity contribution in [2.24, 2.45) is 4.99 Å². The van der Waals surface area contributed by atoms with E-state index in [4.69, 9.17) is 4.74 Å². The standard InChI is InChI=1S/C19H24FN3O3S/c1-21-19(22-12-11-15-5-3-4-6-18(15)20)23-13-14-26-16-7-9-17(10-8-16)27(2,24)25/h3-10H,11-14H2,1-2H3,(H2,21,22,23). The first kappa shape index (κ1) is 20.7. The highest BCUT2D eigenvalue weighted by molar-refractivity contribution is 7.90. The van der Waals surface area contributed by atoms with Crippen molar-refractivity contribution in [1.29, 1.82) is 0 Å². The van der Waals surface area contributed by atoms with Crippen LogP contribution in [0.4, 0.5) is 4.39 Å². The Morgan fingerprint density at radius 3 is 2.37 bits per heavy atom. The fraction of sp³-hybridized carbons (Fsp3) is 0.316. The van der Waals surface area contributed by atoms with Crippen molar-refractivity contribution in [3.63, 3.8) is 0 Å². The first-order valence-electron chi connectivity index (χ1n) is 8.51. The van der Waals surface area contributed by atoms with Crippen LogP contribution in [-0.2, 0) is 16.3 Å². The Bertz CT molecular complexity index is 868. The first-order chi connectivity index (χ1) is 12.9. The Morgan fingerprint density at radius 1 is 1.07 bits per heavy atom. The second-order valence-corrected chi connectivity index (χ2v) is 7.87. The summed E-state index contributed by atoms with van der Waals surface area (Å²) in [4.78, 5) is 4.36. The summed E-state index contributed by atoms with van der Waals surface area (Å²) >= 11 is 0. The summed E-state index contributed by atoms with van der Waals surface area (Å²) in [6.07, 6.45) is 1.72. The van der Waals surface area contributed by atoms with Crippen LogP contribution in [0.15, 0.2) is 58.4 Å². The van der Waals surface area contributed by atoms with Gasteiger partial charge in [-0.25, -0.2) is 12.8 Å². The summed E-state index contributed by atoms with van der Waals surface area (Å²) in [6.45, 7) is 1.44. The average Bonchev–Trinajstić information content (AvgIpc) is 2.65. The van der Waals surface area contributed by atoms with Crippen molar-refractivity contribution in [2.45, 2.75) is 11.3 Å². The summed E-state index contributed by atoms with van der Waals surface area (Å²) < 4.78 is 42.0. The molecular formula is C19H24FN3O3S. The molecule has 0 atom stereocenters. The molecule has 8 heteroatoms. The third-order valence-electron chi connectivity index (χ3n) is 3.78. The predicted molar refractivity (Wildman–Crippen MR) is 105 cm³/mol. The van der Waals surface area contributed by atoms with Crippen LogP contribution < -0.4 is 15.4 Å². The zero-order valence-corrected chi connectivity index (χ0v) is 16.2. The van der Waals surface area contributed by atoms with Gasteiger partial charge in [0, 0.05) is 19.8 Å². The van der Waals surface area contributed by atoms with Gasteiger partial charge in [-0.05, 0) is 42.3 Å². The maximum Gasteiger partial charge on any atom is 0.191 e. The highest BCUT2D eigenvalue weighted by atomic mass is 32.2. The predicted octanol–water partition coefficient (Wildman–Crippen LogP) is 2.02. The van der Waals surface area contributed by atoms with E-state index in [1.807, 2.05) is 6.07 Å². The number of aliphatic imine (C=N–C) groups is 1. The van der Waals surface area contributed by atoms with Gasteiger partial charge in [-0.3, -0.25) is 4.99 Å². The molecule has 0 spiro atoms. The molecule has 0 saturated carbocycles. The van der Waals surface area contributed by atoms with Crippen LogP contribution in [0.1, 0.15) is 5.56 Å². The minimum atomic E-state index is -3.21. The monoisotopic (exact) mass is 393 g/mol. The zero-order valence-electron chi connectivity index (χ0n) is 15.4. The molecule has 0 aromatic heterocycles. The molecule has 0 bridgehead atoms. The van der Waals surface area contributed by atoms with Gasteiger partial charge in [0.25, 0.3) is 0 Å². The van der Waals surface area contributed by atoms with Crippen LogP contribution >= 0.6 is 0 Å². The van der Waals surface area contributed by atoms with E-state index in [9.17, 15) is 12.8 Å². The molecule has 0 fully saturated rings. The second kappa shape index (κ2) is 9.91. The van der Waals surface area contributed by atoms with Gasteiger partial charge >= 0.3 is 0 Å². The van der Waals surface area contributed by atoms with Crippen molar-refractivity contribution in [3.05, 3.63) is 59.9 Å². The van der Waals surface area contributed by atoms with Crippen LogP contribution in [-0.4, -0.2) is 47.4 Å². The van der Waals surface area contributed by atoms with Gasteiger partial charge in [0.15, 0.2) is 15.8 Å². The van der Waals surface area contributed by atoms with Gasteiger partial charge in [-0.15, -0.1) is 0 Å². The number of hydrogen-bond acceptors (Lipinski definition) is 4. The van der Waals surface area contributed by atoms with Crippen molar-refractivity contribution in [2.75, 3.05) is 33.0 Å². The third-order valence-corrected chi connectivity index (χ3v) is 4.91. The number of hydrogen-bond donors (Lipinski definition) is 2. The summed E-state index contributed by atoms with van der Waals surface area (Å²) in [5, 5.41) is 6.22. The molecule has 2 aromatic rings. The van der Waals surface area contributed by atoms with Crippen LogP contribution in [0.25, 0.3) is 0 Å². The second-order valence-electron chi connectivity index (χ2n) is 5.86. The van der Waals surface area contributed by atoms with Gasteiger partial charge in [0.05, 0.1) is 11.4 Å². The topological polar surface area (TPSA) is 79.8 Å². The van der Waals surface area contributed by atoms with E-state index in [1.165, 1.54) is 18.2 Å². The molecular weight excluding hydrogens is 369 g/mol. The van der Waals surface area contributed by atoms with Crippen LogP contribution in [0, 0.1) is 5.82 Å². The highest BCUT2D eigenvalue weighted by Gasteiger charge is 2.06. The minimum Gasteiger partial charge on any atom is -0.492 e. The maximum atomic E-state index is 13.6. The van der Waals surface area contributed by atoms with E-state index in [2.05, 4.69) is 15.6 Å². The third kappa shape index (κ3) is 6.90. The number of nitrogens with zero attached hydrogens (tertiary/aromatic N) is 1. The Balaban J connectivity index is 1.69. The number of halogens is 1. The molecule has 2 rings (SSSR count). The molecule has 0 radical (unpaired) electrons. The molecule has 6 nitrogen and oxygen atoms in total. The van der Waals surface area contributed by atoms with E-state index in [0.717, 1.165) is 6.26 Å². The molecule has 0 aliphatic rings. The van der Waals surface area contributed by atoms with Crippen molar-refractivity contribution < 1.29 is 17.5 Å². The Labute approximate surface area is 159 Å². The number of guanidine groups is 1. The fourth-order valence-electron chi connectivity index (χ4n) is 2.36. The van der Waals surface area contributed by atoms with Gasteiger partial charge in [-0.2, -0.15) is 0 Å². The van der Waals surface area contributed by atoms with Gasteiger partial charge < -0.3 is 15.4 Å². The van der Waals surface area contributed by atoms with Crippen LogP contribution in [0.3, 0.4) is 0 Å². The summed E-state index contributed by atoms with van der Waals surface area (Å²) in [7, 11) is -1.55. The quantitative estimate of drug-likeness (QED) is 0.407. The lowest BCUT2D eigenvalue weighted by atomic mass is 10.1. The number of benzene rings is 2. The normalized spacial score (nSPS) is 11.9. The van der Waals surface area contributed by atoms with Crippen molar-refractivity contribution in [3.8, 4) is 5.75 Å². The minimum absolute atomic E-state index is 0.211. The van der Waals surface area contributed by atoms with Crippen molar-refractivity contribution in [1.82, 2.24) is 10.6 Å². The van der Waals surface area contributed by atoms with Gasteiger partial charge in [-0.1, -0.05) is 18.2 Å². The lowest BCUT2D eigenvalue weighted by molar-refractivity contribution is 0.321. The summed E-state index contributed by atoms with van der Waals surface area (Å²) in [5.41, 5.74) is 0.654. The summed E-state index contributed by atoms with van der Waals surface area (Å²) in [5.74, 6) is 0.978. The van der Waals surface area contributed by atoms with E-state index < -0.39 is 9.84 Å². The Kier molecular flexibility index (Phi) is 7.60. The fourth-order valence-corrected chi connectivity index (χ4v) is 2.99. The highest BCUT2D eigenvalue weighted by Crippen LogP contribution is 2.15. The molecule has 0 heterocycles. The SMILES string of the molecule is CN=C(NCCOc1ccc(S(C)(=O)=O)cc1)NCCc1ccccc1F. The molecule has 146 valence electrons. The Hall–Kier alpha value is -2.61. The molecule has 2 N–H and O–H groups in total. The lowest BCUT2D eigenvalue weighted by Gasteiger charge is -2.13. The molecule has 0 unspecified atom stereocenters. The van der Waals surface area contributed by atoms with E-state index in [0.29, 0.717) is 43.4 Å². The maximum absolute atomic E-state index is 13.6. The van der Waals surface area contributed by atoms with Crippen LogP contribution in [0.2, 0.25) is 0 Å². The van der Waals surface area contributed by atoms with E-state index in [-0.39, 0.29) is 10.7 Å². The summed E-state index contributed by atoms with van der Waals surface area (Å²) in [6, 6.07) is 13.0. The van der Waals surface area contributed by atoms with Crippen molar-refractivity contribution >= 4 is 15.8 Å². The lowest BCUT2D eigenvalue weighted by Crippen LogP contribution is -2.40.